The first-order chi connectivity index (χ1) is 12.2. The first kappa shape index (κ1) is 18.6. The third kappa shape index (κ3) is 3.39. The summed E-state index contributed by atoms with van der Waals surface area (Å²) in [5, 5.41) is 2.79. The molecule has 2 aromatic rings. The number of amides is 1. The number of carbonyl (C=O) groups is 1. The lowest BCUT2D eigenvalue weighted by molar-refractivity contribution is 0.0939. The van der Waals surface area contributed by atoms with Gasteiger partial charge in [-0.3, -0.25) is 4.79 Å². The Bertz CT molecular complexity index is 948. The molecule has 1 aliphatic rings. The largest absolute Gasteiger partial charge is 0.466 e. The van der Waals surface area contributed by atoms with Gasteiger partial charge in [0.15, 0.2) is 0 Å². The van der Waals surface area contributed by atoms with Crippen LogP contribution in [0.3, 0.4) is 0 Å². The highest BCUT2D eigenvalue weighted by atomic mass is 32.2. The quantitative estimate of drug-likeness (QED) is 0.865. The van der Waals surface area contributed by atoms with Crippen LogP contribution in [0.4, 0.5) is 4.39 Å². The van der Waals surface area contributed by atoms with Crippen molar-refractivity contribution in [3.8, 4) is 0 Å². The van der Waals surface area contributed by atoms with Crippen molar-refractivity contribution in [1.82, 2.24) is 9.62 Å². The zero-order chi connectivity index (χ0) is 19.1. The highest BCUT2D eigenvalue weighted by molar-refractivity contribution is 7.89. The fraction of sp³-hybridized carbons (Fsp3) is 0.389. The Morgan fingerprint density at radius 2 is 1.96 bits per heavy atom. The Hall–Kier alpha value is -2.19. The summed E-state index contributed by atoms with van der Waals surface area (Å²) in [6, 6.07) is 4.89. The van der Waals surface area contributed by atoms with Crippen molar-refractivity contribution >= 4 is 15.9 Å². The van der Waals surface area contributed by atoms with Crippen molar-refractivity contribution in [2.75, 3.05) is 13.1 Å². The lowest BCUT2D eigenvalue weighted by Crippen LogP contribution is -2.42. The topological polar surface area (TPSA) is 79.6 Å². The highest BCUT2D eigenvalue weighted by Gasteiger charge is 2.32. The number of carbonyl (C=O) groups excluding carboxylic acids is 1. The van der Waals surface area contributed by atoms with E-state index in [1.807, 2.05) is 13.0 Å². The molecule has 6 nitrogen and oxygen atoms in total. The van der Waals surface area contributed by atoms with E-state index in [1.54, 1.807) is 13.8 Å². The predicted molar refractivity (Wildman–Crippen MR) is 93.8 cm³/mol. The Morgan fingerprint density at radius 1 is 1.27 bits per heavy atom. The Morgan fingerprint density at radius 3 is 2.50 bits per heavy atom. The van der Waals surface area contributed by atoms with Gasteiger partial charge in [-0.1, -0.05) is 0 Å². The number of hydrogen-bond acceptors (Lipinski definition) is 4. The van der Waals surface area contributed by atoms with Gasteiger partial charge in [0, 0.05) is 24.2 Å². The van der Waals surface area contributed by atoms with Gasteiger partial charge in [0.05, 0.1) is 6.04 Å². The molecule has 1 N–H and O–H groups in total. The van der Waals surface area contributed by atoms with Crippen LogP contribution in [-0.4, -0.2) is 31.7 Å². The van der Waals surface area contributed by atoms with Crippen LogP contribution < -0.4 is 5.32 Å². The van der Waals surface area contributed by atoms with Crippen molar-refractivity contribution in [2.24, 2.45) is 0 Å². The van der Waals surface area contributed by atoms with Crippen molar-refractivity contribution in [1.29, 1.82) is 0 Å². The van der Waals surface area contributed by atoms with E-state index in [0.717, 1.165) is 29.9 Å². The molecule has 1 amide bonds. The van der Waals surface area contributed by atoms with E-state index >= 15 is 0 Å². The summed E-state index contributed by atoms with van der Waals surface area (Å²) in [7, 11) is -3.91. The number of furan rings is 1. The lowest BCUT2D eigenvalue weighted by atomic mass is 10.1. The van der Waals surface area contributed by atoms with Gasteiger partial charge < -0.3 is 9.73 Å². The van der Waals surface area contributed by atoms with Crippen molar-refractivity contribution in [3.63, 3.8) is 0 Å². The number of hydrogen-bond donors (Lipinski definition) is 1. The predicted octanol–water partition coefficient (Wildman–Crippen LogP) is 2.92. The third-order valence-corrected chi connectivity index (χ3v) is 6.43. The van der Waals surface area contributed by atoms with Gasteiger partial charge in [-0.15, -0.1) is 0 Å². The molecule has 140 valence electrons. The molecule has 1 unspecified atom stereocenters. The van der Waals surface area contributed by atoms with Crippen molar-refractivity contribution < 1.29 is 22.0 Å². The Balaban J connectivity index is 1.84. The van der Waals surface area contributed by atoms with E-state index in [-0.39, 0.29) is 11.6 Å². The van der Waals surface area contributed by atoms with Gasteiger partial charge in [-0.05, 0) is 51.5 Å². The molecule has 0 bridgehead atoms. The molecule has 3 rings (SSSR count). The maximum atomic E-state index is 14.1. The fourth-order valence-corrected chi connectivity index (χ4v) is 4.55. The summed E-state index contributed by atoms with van der Waals surface area (Å²) in [5.41, 5.74) is 0.932. The second kappa shape index (κ2) is 6.85. The van der Waals surface area contributed by atoms with Crippen LogP contribution >= 0.6 is 0 Å². The van der Waals surface area contributed by atoms with Crippen LogP contribution in [0, 0.1) is 19.7 Å². The third-order valence-electron chi connectivity index (χ3n) is 4.52. The van der Waals surface area contributed by atoms with E-state index in [0.29, 0.717) is 18.8 Å². The number of aryl methyl sites for hydroxylation is 2. The van der Waals surface area contributed by atoms with Crippen LogP contribution in [0.25, 0.3) is 0 Å². The molecule has 1 aromatic heterocycles. The average molecular weight is 380 g/mol. The standard InChI is InChI=1S/C18H21FN2O4S/c1-11-9-15(13(3)25-11)12(2)20-18(22)14-5-6-16(19)17(10-14)26(23,24)21-7-4-8-21/h5-6,9-10,12H,4,7-8H2,1-3H3,(H,20,22). The summed E-state index contributed by atoms with van der Waals surface area (Å²) in [5.74, 6) is 0.109. The van der Waals surface area contributed by atoms with E-state index in [4.69, 9.17) is 4.42 Å². The number of benzene rings is 1. The van der Waals surface area contributed by atoms with Crippen LogP contribution in [0.5, 0.6) is 0 Å². The molecule has 1 aromatic carbocycles. The Labute approximate surface area is 152 Å². The summed E-state index contributed by atoms with van der Waals surface area (Å²) >= 11 is 0. The van der Waals surface area contributed by atoms with E-state index in [1.165, 1.54) is 10.4 Å². The van der Waals surface area contributed by atoms with Crippen LogP contribution in [0.2, 0.25) is 0 Å². The molecule has 26 heavy (non-hydrogen) atoms. The van der Waals surface area contributed by atoms with Gasteiger partial charge in [0.25, 0.3) is 5.91 Å². The Kier molecular flexibility index (Phi) is 4.90. The normalized spacial score (nSPS) is 16.2. The van der Waals surface area contributed by atoms with Crippen molar-refractivity contribution in [3.05, 3.63) is 52.7 Å². The number of sulfonamides is 1. The molecule has 1 saturated heterocycles. The second-order valence-electron chi connectivity index (χ2n) is 6.47. The molecule has 0 radical (unpaired) electrons. The monoisotopic (exact) mass is 380 g/mol. The van der Waals surface area contributed by atoms with Crippen LogP contribution in [-0.2, 0) is 10.0 Å². The van der Waals surface area contributed by atoms with Crippen molar-refractivity contribution in [2.45, 2.75) is 38.1 Å². The number of rotatable bonds is 5. The fourth-order valence-electron chi connectivity index (χ4n) is 2.95. The summed E-state index contributed by atoms with van der Waals surface area (Å²) < 4.78 is 45.6. The van der Waals surface area contributed by atoms with Crippen LogP contribution in [0.15, 0.2) is 33.6 Å². The lowest BCUT2D eigenvalue weighted by Gasteiger charge is -2.29. The molecular formula is C18H21FN2O4S. The molecule has 1 fully saturated rings. The summed E-state index contributed by atoms with van der Waals surface area (Å²) in [6.45, 7) is 6.16. The summed E-state index contributed by atoms with van der Waals surface area (Å²) in [4.78, 5) is 12.1. The molecule has 0 aliphatic carbocycles. The summed E-state index contributed by atoms with van der Waals surface area (Å²) in [6.07, 6.45) is 0.752. The van der Waals surface area contributed by atoms with E-state index in [9.17, 15) is 17.6 Å². The number of nitrogens with one attached hydrogen (secondary N) is 1. The maximum absolute atomic E-state index is 14.1. The molecule has 0 spiro atoms. The molecule has 1 atom stereocenters. The van der Waals surface area contributed by atoms with E-state index in [2.05, 4.69) is 5.32 Å². The zero-order valence-electron chi connectivity index (χ0n) is 14.9. The van der Waals surface area contributed by atoms with Gasteiger partial charge >= 0.3 is 0 Å². The van der Waals surface area contributed by atoms with E-state index < -0.39 is 26.6 Å². The van der Waals surface area contributed by atoms with Gasteiger partial charge in [0.1, 0.15) is 22.2 Å². The van der Waals surface area contributed by atoms with Crippen LogP contribution in [0.1, 0.15) is 46.8 Å². The van der Waals surface area contributed by atoms with Gasteiger partial charge in [-0.2, -0.15) is 4.31 Å². The SMILES string of the molecule is Cc1cc(C(C)NC(=O)c2ccc(F)c(S(=O)(=O)N3CCC3)c2)c(C)o1. The minimum absolute atomic E-state index is 0.0928. The molecule has 8 heteroatoms. The average Bonchev–Trinajstić information content (AvgIpc) is 2.83. The first-order valence-electron chi connectivity index (χ1n) is 8.37. The molecule has 1 aliphatic heterocycles. The number of halogens is 1. The first-order valence-corrected chi connectivity index (χ1v) is 9.81. The number of nitrogens with zero attached hydrogens (tertiary/aromatic N) is 1. The minimum Gasteiger partial charge on any atom is -0.466 e. The zero-order valence-corrected chi connectivity index (χ0v) is 15.7. The van der Waals surface area contributed by atoms with Gasteiger partial charge in [-0.25, -0.2) is 12.8 Å². The molecule has 2 heterocycles. The van der Waals surface area contributed by atoms with Gasteiger partial charge in [0.2, 0.25) is 10.0 Å². The minimum atomic E-state index is -3.91. The molecular weight excluding hydrogens is 359 g/mol. The smallest absolute Gasteiger partial charge is 0.251 e. The highest BCUT2D eigenvalue weighted by Crippen LogP contribution is 2.25. The molecule has 0 saturated carbocycles. The maximum Gasteiger partial charge on any atom is 0.251 e. The second-order valence-corrected chi connectivity index (χ2v) is 8.37.